The summed E-state index contributed by atoms with van der Waals surface area (Å²) in [6, 6.07) is 0. The van der Waals surface area contributed by atoms with Crippen LogP contribution in [0.1, 0.15) is 149 Å². The number of ether oxygens (including phenoxy) is 2. The van der Waals surface area contributed by atoms with Gasteiger partial charge in [-0.25, -0.2) is 4.57 Å². The highest BCUT2D eigenvalue weighted by atomic mass is 31.2. The van der Waals surface area contributed by atoms with Crippen LogP contribution in [-0.2, 0) is 37.5 Å². The molecule has 1 fully saturated rings. The van der Waals surface area contributed by atoms with Crippen LogP contribution in [0.2, 0.25) is 0 Å². The third kappa shape index (κ3) is 29.5. The number of hydrogen-bond donors (Lipinski definition) is 5. The van der Waals surface area contributed by atoms with Crippen LogP contribution in [0.3, 0.4) is 0 Å². The number of phosphoric ester groups is 1. The number of aliphatic hydroxyl groups excluding tert-OH is 4. The molecule has 0 radical (unpaired) electrons. The monoisotopic (exact) mass is 869 g/mol. The Morgan fingerprint density at radius 1 is 0.750 bits per heavy atom. The first-order valence-electron chi connectivity index (χ1n) is 22.3. The van der Waals surface area contributed by atoms with Gasteiger partial charge in [-0.1, -0.05) is 126 Å². The first-order valence-corrected chi connectivity index (χ1v) is 23.8. The first kappa shape index (κ1) is 55.3. The van der Waals surface area contributed by atoms with Gasteiger partial charge in [-0.2, -0.15) is 0 Å². The first-order chi connectivity index (χ1) is 28.9. The molecule has 5 N–H and O–H groups in total. The minimum Gasteiger partial charge on any atom is -0.462 e. The maximum atomic E-state index is 12.6. The Balaban J connectivity index is 2.48. The van der Waals surface area contributed by atoms with Crippen LogP contribution in [-0.4, -0.2) is 93.9 Å². The van der Waals surface area contributed by atoms with Crippen LogP contribution in [0.4, 0.5) is 0 Å². The number of rotatable bonds is 37. The van der Waals surface area contributed by atoms with E-state index < -0.39 is 76.5 Å². The average Bonchev–Trinajstić information content (AvgIpc) is 3.49. The minimum absolute atomic E-state index is 0.0149. The highest BCUT2D eigenvalue weighted by Crippen LogP contribution is 2.43. The van der Waals surface area contributed by atoms with E-state index in [4.69, 9.17) is 19.1 Å². The van der Waals surface area contributed by atoms with Crippen molar-refractivity contribution in [3.8, 4) is 0 Å². The van der Waals surface area contributed by atoms with Gasteiger partial charge in [0, 0.05) is 25.2 Å². The van der Waals surface area contributed by atoms with Crippen molar-refractivity contribution in [2.45, 2.75) is 173 Å². The Morgan fingerprint density at radius 3 is 1.98 bits per heavy atom. The number of unbranched alkanes of at least 4 members (excludes halogenated alkanes) is 9. The molecular weight excluding hydrogens is 791 g/mol. The molecule has 0 aliphatic heterocycles. The van der Waals surface area contributed by atoms with E-state index in [9.17, 15) is 39.2 Å². The summed E-state index contributed by atoms with van der Waals surface area (Å²) in [6.07, 6.45) is 32.4. The zero-order valence-electron chi connectivity index (χ0n) is 36.4. The smallest absolute Gasteiger partial charge is 0.462 e. The molecule has 1 unspecified atom stereocenters. The quantitative estimate of drug-likeness (QED) is 0.0172. The molecule has 344 valence electrons. The number of carbonyl (C=O) groups excluding carboxylic acids is 3. The molecule has 0 amide bonds. The van der Waals surface area contributed by atoms with Gasteiger partial charge in [0.2, 0.25) is 0 Å². The van der Waals surface area contributed by atoms with Gasteiger partial charge in [0.25, 0.3) is 0 Å². The van der Waals surface area contributed by atoms with Crippen LogP contribution in [0, 0.1) is 11.8 Å². The van der Waals surface area contributed by atoms with E-state index in [0.717, 1.165) is 57.8 Å². The third-order valence-corrected chi connectivity index (χ3v) is 11.0. The summed E-state index contributed by atoms with van der Waals surface area (Å²) >= 11 is 0. The van der Waals surface area contributed by atoms with Crippen LogP contribution in [0.15, 0.2) is 60.8 Å². The zero-order chi connectivity index (χ0) is 44.3. The van der Waals surface area contributed by atoms with Gasteiger partial charge in [0.1, 0.15) is 18.5 Å². The Hall–Kier alpha value is -2.74. The number of phosphoric acid groups is 1. The molecule has 7 atom stereocenters. The summed E-state index contributed by atoms with van der Waals surface area (Å²) in [5.74, 6) is -1.79. The second-order valence-corrected chi connectivity index (χ2v) is 17.0. The molecule has 13 nitrogen and oxygen atoms in total. The van der Waals surface area contributed by atoms with E-state index in [2.05, 4.69) is 54.8 Å². The van der Waals surface area contributed by atoms with Crippen molar-refractivity contribution in [1.29, 1.82) is 0 Å². The predicted molar refractivity (Wildman–Crippen MR) is 234 cm³/mol. The lowest BCUT2D eigenvalue weighted by Crippen LogP contribution is -2.29. The van der Waals surface area contributed by atoms with Crippen LogP contribution >= 0.6 is 7.82 Å². The van der Waals surface area contributed by atoms with Gasteiger partial charge < -0.3 is 34.8 Å². The Kier molecular flexibility index (Phi) is 33.0. The molecule has 0 heterocycles. The SMILES string of the molecule is CCCCC/C=C\C/C=C\C/C=C\C/C=C\CCCC(=O)O[C@H](COC(=O)CCCCCC[C@H]1[C@@H](O)CC(=O)[C@@H]1/C=C/[C@@H](O)CCCCC)COP(=O)(O)OC[C@@H](O)CO. The molecule has 1 aliphatic rings. The minimum atomic E-state index is -4.70. The molecule has 60 heavy (non-hydrogen) atoms. The summed E-state index contributed by atoms with van der Waals surface area (Å²) in [7, 11) is -4.70. The topological polar surface area (TPSA) is 206 Å². The maximum absolute atomic E-state index is 12.6. The fourth-order valence-corrected chi connectivity index (χ4v) is 7.33. The van der Waals surface area contributed by atoms with E-state index in [1.54, 1.807) is 12.2 Å². The Bertz CT molecular complexity index is 1340. The molecule has 0 spiro atoms. The number of ketones is 1. The standard InChI is InChI=1S/C46H77O13P/c1-3-5-7-8-9-10-11-12-13-14-15-16-17-18-19-20-26-30-46(53)59-40(37-58-60(54,55)57-35-39(49)34-47)36-56-45(52)29-25-22-21-24-28-41-42(44(51)33-43(41)50)32-31-38(48)27-23-6-4-2/h9-10,12-13,15-16,18-19,31-32,38-43,47-50H,3-8,11,14,17,20-30,33-37H2,1-2H3,(H,54,55)/b10-9-,13-12-,16-15-,19-18-,32-31+/t38-,39-,40+,41+,42+,43-/m0/s1. The van der Waals surface area contributed by atoms with Crippen molar-refractivity contribution >= 4 is 25.5 Å². The molecule has 14 heteroatoms. The van der Waals surface area contributed by atoms with Gasteiger partial charge in [0.15, 0.2) is 6.10 Å². The number of aliphatic hydroxyl groups is 4. The lowest BCUT2D eigenvalue weighted by atomic mass is 9.88. The molecule has 0 aromatic heterocycles. The van der Waals surface area contributed by atoms with Crippen molar-refractivity contribution in [2.75, 3.05) is 26.4 Å². The molecule has 0 bridgehead atoms. The summed E-state index contributed by atoms with van der Waals surface area (Å²) in [5, 5.41) is 39.1. The molecule has 0 aromatic rings. The van der Waals surface area contributed by atoms with Crippen LogP contribution in [0.5, 0.6) is 0 Å². The number of carbonyl (C=O) groups is 3. The fraction of sp³-hybridized carbons (Fsp3) is 0.717. The molecule has 1 saturated carbocycles. The number of hydrogen-bond acceptors (Lipinski definition) is 12. The van der Waals surface area contributed by atoms with Crippen molar-refractivity contribution in [1.82, 2.24) is 0 Å². The third-order valence-electron chi connectivity index (χ3n) is 10.1. The van der Waals surface area contributed by atoms with Gasteiger partial charge in [-0.3, -0.25) is 23.4 Å². The van der Waals surface area contributed by atoms with Crippen molar-refractivity contribution < 1.29 is 62.8 Å². The summed E-state index contributed by atoms with van der Waals surface area (Å²) < 4.78 is 32.6. The van der Waals surface area contributed by atoms with Gasteiger partial charge in [-0.15, -0.1) is 0 Å². The van der Waals surface area contributed by atoms with Crippen molar-refractivity contribution in [3.05, 3.63) is 60.8 Å². The van der Waals surface area contributed by atoms with Crippen LogP contribution in [0.25, 0.3) is 0 Å². The van der Waals surface area contributed by atoms with Crippen LogP contribution < -0.4 is 0 Å². The van der Waals surface area contributed by atoms with E-state index >= 15 is 0 Å². The molecule has 0 saturated heterocycles. The van der Waals surface area contributed by atoms with Crippen molar-refractivity contribution in [3.63, 3.8) is 0 Å². The van der Waals surface area contributed by atoms with E-state index in [1.807, 2.05) is 12.2 Å². The lowest BCUT2D eigenvalue weighted by Gasteiger charge is -2.20. The predicted octanol–water partition coefficient (Wildman–Crippen LogP) is 8.48. The summed E-state index contributed by atoms with van der Waals surface area (Å²) in [4.78, 5) is 47.7. The maximum Gasteiger partial charge on any atom is 0.472 e. The highest BCUT2D eigenvalue weighted by molar-refractivity contribution is 7.47. The van der Waals surface area contributed by atoms with Gasteiger partial charge in [0.05, 0.1) is 32.0 Å². The summed E-state index contributed by atoms with van der Waals surface area (Å²) in [6.45, 7) is 1.90. The second kappa shape index (κ2) is 35.8. The van der Waals surface area contributed by atoms with E-state index in [0.29, 0.717) is 38.5 Å². The highest BCUT2D eigenvalue weighted by Gasteiger charge is 2.39. The lowest BCUT2D eigenvalue weighted by molar-refractivity contribution is -0.161. The number of esters is 2. The normalized spacial score (nSPS) is 19.9. The fourth-order valence-electron chi connectivity index (χ4n) is 6.54. The molecule has 1 aliphatic carbocycles. The van der Waals surface area contributed by atoms with Gasteiger partial charge >= 0.3 is 19.8 Å². The number of Topliss-reactive ketones (excluding diaryl/α,β-unsaturated/α-hetero) is 1. The number of allylic oxidation sites excluding steroid dienone is 9. The van der Waals surface area contributed by atoms with E-state index in [-0.39, 0.29) is 31.0 Å². The largest absolute Gasteiger partial charge is 0.472 e. The Morgan fingerprint density at radius 2 is 1.33 bits per heavy atom. The Labute approximate surface area is 359 Å². The van der Waals surface area contributed by atoms with Gasteiger partial charge in [-0.05, 0) is 70.1 Å². The molecule has 1 rings (SSSR count). The zero-order valence-corrected chi connectivity index (χ0v) is 37.3. The average molecular weight is 869 g/mol. The van der Waals surface area contributed by atoms with E-state index in [1.165, 1.54) is 19.3 Å². The molecule has 0 aromatic carbocycles. The second-order valence-electron chi connectivity index (χ2n) is 15.5. The molecular formula is C46H77O13P. The van der Waals surface area contributed by atoms with Crippen molar-refractivity contribution in [2.24, 2.45) is 11.8 Å². The summed E-state index contributed by atoms with van der Waals surface area (Å²) in [5.41, 5.74) is 0.